The highest BCUT2D eigenvalue weighted by atomic mass is 16.4. The highest BCUT2D eigenvalue weighted by Crippen LogP contribution is 2.20. The topological polar surface area (TPSA) is 228 Å². The van der Waals surface area contributed by atoms with E-state index in [-0.39, 0.29) is 19.4 Å². The summed E-state index contributed by atoms with van der Waals surface area (Å²) >= 11 is 0. The van der Waals surface area contributed by atoms with E-state index in [0.717, 1.165) is 4.90 Å². The van der Waals surface area contributed by atoms with Gasteiger partial charge in [-0.3, -0.25) is 19.2 Å². The first kappa shape index (κ1) is 25.7. The van der Waals surface area contributed by atoms with E-state index in [1.165, 1.54) is 19.4 Å². The number of nitrogens with one attached hydrogen (secondary N) is 3. The lowest BCUT2D eigenvalue weighted by Crippen LogP contribution is -2.58. The summed E-state index contributed by atoms with van der Waals surface area (Å²) < 4.78 is 0. The molecule has 1 fully saturated rings. The van der Waals surface area contributed by atoms with Crippen molar-refractivity contribution in [1.82, 2.24) is 25.5 Å². The summed E-state index contributed by atoms with van der Waals surface area (Å²) in [6.45, 7) is 1.38. The Hall–Kier alpha value is -3.52. The zero-order chi connectivity index (χ0) is 24.7. The van der Waals surface area contributed by atoms with Crippen molar-refractivity contribution in [2.24, 2.45) is 5.73 Å². The van der Waals surface area contributed by atoms with E-state index in [1.807, 2.05) is 0 Å². The van der Waals surface area contributed by atoms with Crippen LogP contribution >= 0.6 is 0 Å². The van der Waals surface area contributed by atoms with Gasteiger partial charge in [0.2, 0.25) is 17.7 Å². The van der Waals surface area contributed by atoms with Gasteiger partial charge < -0.3 is 41.6 Å². The summed E-state index contributed by atoms with van der Waals surface area (Å²) in [5.74, 6) is -5.10. The number of likely N-dealkylation sites (tertiary alicyclic amines) is 1. The Kier molecular flexibility index (Phi) is 8.87. The Morgan fingerprint density at radius 3 is 2.48 bits per heavy atom. The van der Waals surface area contributed by atoms with Crippen LogP contribution in [0.15, 0.2) is 12.5 Å². The van der Waals surface area contributed by atoms with Gasteiger partial charge in [-0.15, -0.1) is 0 Å². The van der Waals surface area contributed by atoms with E-state index in [4.69, 9.17) is 10.8 Å². The zero-order valence-electron chi connectivity index (χ0n) is 17.9. The second-order valence-electron chi connectivity index (χ2n) is 7.80. The number of hydrogen-bond acceptors (Lipinski definition) is 8. The van der Waals surface area contributed by atoms with Crippen molar-refractivity contribution in [3.63, 3.8) is 0 Å². The number of aliphatic hydroxyl groups excluding tert-OH is 1. The first-order chi connectivity index (χ1) is 15.5. The summed E-state index contributed by atoms with van der Waals surface area (Å²) in [6, 6.07) is -5.23. The number of aromatic amines is 1. The van der Waals surface area contributed by atoms with Crippen LogP contribution in [0.5, 0.6) is 0 Å². The molecule has 0 bridgehead atoms. The monoisotopic (exact) mass is 468 g/mol. The van der Waals surface area contributed by atoms with Crippen molar-refractivity contribution < 1.29 is 39.3 Å². The van der Waals surface area contributed by atoms with Gasteiger partial charge >= 0.3 is 11.9 Å². The minimum atomic E-state index is -1.52. The summed E-state index contributed by atoms with van der Waals surface area (Å²) in [4.78, 5) is 68.5. The third-order valence-electron chi connectivity index (χ3n) is 5.25. The lowest BCUT2D eigenvalue weighted by atomic mass is 10.1. The molecule has 0 radical (unpaired) electrons. The predicted molar refractivity (Wildman–Crippen MR) is 110 cm³/mol. The van der Waals surface area contributed by atoms with Crippen LogP contribution in [0.2, 0.25) is 0 Å². The molecule has 1 aromatic rings. The van der Waals surface area contributed by atoms with Gasteiger partial charge in [0.1, 0.15) is 24.2 Å². The molecule has 2 heterocycles. The van der Waals surface area contributed by atoms with Crippen LogP contribution < -0.4 is 16.4 Å². The number of carbonyl (C=O) groups excluding carboxylic acids is 3. The number of aliphatic hydroxyl groups is 1. The number of hydrogen-bond donors (Lipinski definition) is 7. The van der Waals surface area contributed by atoms with Crippen LogP contribution in [0.1, 0.15) is 31.9 Å². The van der Waals surface area contributed by atoms with Gasteiger partial charge in [-0.05, 0) is 19.8 Å². The molecular formula is C19H28N6O8. The first-order valence-electron chi connectivity index (χ1n) is 10.3. The van der Waals surface area contributed by atoms with E-state index in [1.54, 1.807) is 0 Å². The second-order valence-corrected chi connectivity index (χ2v) is 7.80. The lowest BCUT2D eigenvalue weighted by molar-refractivity contribution is -0.147. The Balaban J connectivity index is 2.13. The number of carbonyl (C=O) groups is 5. The minimum absolute atomic E-state index is 0.0589. The number of H-pyrrole nitrogens is 1. The molecule has 0 saturated carbocycles. The van der Waals surface area contributed by atoms with Gasteiger partial charge in [0.25, 0.3) is 0 Å². The largest absolute Gasteiger partial charge is 0.481 e. The van der Waals surface area contributed by atoms with Crippen molar-refractivity contribution >= 4 is 29.7 Å². The number of carboxylic acid groups (broad SMARTS) is 2. The highest BCUT2D eigenvalue weighted by Gasteiger charge is 2.40. The molecule has 14 nitrogen and oxygen atoms in total. The molecule has 1 aliphatic heterocycles. The molecule has 0 aromatic carbocycles. The molecule has 33 heavy (non-hydrogen) atoms. The standard InChI is InChI=1S/C19H28N6O8/c1-9(26)15(20)17(30)23-11(6-14(27)28)18(31)25-4-2-3-13(25)16(29)24-12(19(32)33)5-10-7-21-8-22-10/h7-9,11-13,15,26H,2-6,20H2,1H3,(H,21,22)(H,23,30)(H,24,29)(H,27,28)(H,32,33). The van der Waals surface area contributed by atoms with Gasteiger partial charge in [0.05, 0.1) is 18.9 Å². The maximum Gasteiger partial charge on any atom is 0.326 e. The number of amides is 3. The molecule has 1 aromatic heterocycles. The van der Waals surface area contributed by atoms with E-state index in [9.17, 15) is 34.2 Å². The molecule has 14 heteroatoms. The second kappa shape index (κ2) is 11.4. The maximum atomic E-state index is 13.0. The van der Waals surface area contributed by atoms with E-state index >= 15 is 0 Å². The summed E-state index contributed by atoms with van der Waals surface area (Å²) in [7, 11) is 0. The smallest absolute Gasteiger partial charge is 0.326 e. The van der Waals surface area contributed by atoms with Crippen molar-refractivity contribution in [3.8, 4) is 0 Å². The average Bonchev–Trinajstić information content (AvgIpc) is 3.43. The Labute approximate surface area is 188 Å². The van der Waals surface area contributed by atoms with Crippen molar-refractivity contribution in [2.45, 2.75) is 62.9 Å². The molecule has 3 amide bonds. The number of nitrogens with zero attached hydrogens (tertiary/aromatic N) is 2. The highest BCUT2D eigenvalue weighted by molar-refractivity contribution is 5.96. The number of nitrogens with two attached hydrogens (primary N) is 1. The van der Waals surface area contributed by atoms with Crippen molar-refractivity contribution in [3.05, 3.63) is 18.2 Å². The van der Waals surface area contributed by atoms with E-state index < -0.39 is 66.4 Å². The average molecular weight is 468 g/mol. The van der Waals surface area contributed by atoms with Crippen LogP contribution in [0, 0.1) is 0 Å². The molecule has 1 aliphatic rings. The third-order valence-corrected chi connectivity index (χ3v) is 5.25. The van der Waals surface area contributed by atoms with Crippen LogP contribution in [0.25, 0.3) is 0 Å². The molecule has 2 rings (SSSR count). The molecule has 182 valence electrons. The number of aliphatic carboxylic acids is 2. The predicted octanol–water partition coefficient (Wildman–Crippen LogP) is -2.82. The molecule has 5 atom stereocenters. The molecule has 5 unspecified atom stereocenters. The first-order valence-corrected chi connectivity index (χ1v) is 10.3. The summed E-state index contributed by atoms with van der Waals surface area (Å²) in [6.07, 6.45) is 1.38. The van der Waals surface area contributed by atoms with Gasteiger partial charge in [-0.25, -0.2) is 9.78 Å². The van der Waals surface area contributed by atoms with Crippen LogP contribution in [-0.2, 0) is 30.4 Å². The molecule has 1 saturated heterocycles. The summed E-state index contributed by atoms with van der Waals surface area (Å²) in [5, 5.41) is 32.7. The van der Waals surface area contributed by atoms with E-state index in [0.29, 0.717) is 12.1 Å². The molecule has 0 spiro atoms. The fourth-order valence-corrected chi connectivity index (χ4v) is 3.45. The van der Waals surface area contributed by atoms with E-state index in [2.05, 4.69) is 20.6 Å². The zero-order valence-corrected chi connectivity index (χ0v) is 17.9. The fraction of sp³-hybridized carbons (Fsp3) is 0.579. The summed E-state index contributed by atoms with van der Waals surface area (Å²) in [5.41, 5.74) is 6.03. The van der Waals surface area contributed by atoms with Gasteiger partial charge in [0.15, 0.2) is 0 Å². The third kappa shape index (κ3) is 6.98. The Morgan fingerprint density at radius 1 is 1.24 bits per heavy atom. The Morgan fingerprint density at radius 2 is 1.94 bits per heavy atom. The fourth-order valence-electron chi connectivity index (χ4n) is 3.45. The SMILES string of the molecule is CC(O)C(N)C(=O)NC(CC(=O)O)C(=O)N1CCCC1C(=O)NC(Cc1cnc[nH]1)C(=O)O. The van der Waals surface area contributed by atoms with Crippen molar-refractivity contribution in [1.29, 1.82) is 0 Å². The number of aromatic nitrogens is 2. The molecular weight excluding hydrogens is 440 g/mol. The number of carboxylic acids is 2. The molecule has 8 N–H and O–H groups in total. The molecule has 0 aliphatic carbocycles. The normalized spacial score (nSPS) is 19.2. The number of rotatable bonds is 11. The maximum absolute atomic E-state index is 13.0. The van der Waals surface area contributed by atoms with Gasteiger partial charge in [-0.1, -0.05) is 0 Å². The van der Waals surface area contributed by atoms with Gasteiger partial charge in [-0.2, -0.15) is 0 Å². The minimum Gasteiger partial charge on any atom is -0.481 e. The number of imidazole rings is 1. The quantitative estimate of drug-likeness (QED) is 0.176. The van der Waals surface area contributed by atoms with Crippen molar-refractivity contribution in [2.75, 3.05) is 6.54 Å². The Bertz CT molecular complexity index is 874. The van der Waals surface area contributed by atoms with Crippen LogP contribution in [-0.4, -0.2) is 96.7 Å². The van der Waals surface area contributed by atoms with Gasteiger partial charge in [0, 0.05) is 24.9 Å². The van der Waals surface area contributed by atoms with Crippen LogP contribution in [0.4, 0.5) is 0 Å². The lowest BCUT2D eigenvalue weighted by Gasteiger charge is -2.29. The van der Waals surface area contributed by atoms with Crippen LogP contribution in [0.3, 0.4) is 0 Å².